The first-order valence-corrected chi connectivity index (χ1v) is 5.20. The molecule has 0 aromatic rings. The molecular weight excluding hydrogens is 148 g/mol. The molecule has 0 radical (unpaired) electrons. The Morgan fingerprint density at radius 2 is 2.00 bits per heavy atom. The number of likely N-dealkylation sites (N-methyl/N-ethyl adjacent to an activating group) is 1. The molecule has 2 rings (SSSR count). The lowest BCUT2D eigenvalue weighted by molar-refractivity contribution is 0.0741. The molecule has 0 atom stereocenters. The van der Waals surface area contributed by atoms with Gasteiger partial charge in [0.05, 0.1) is 0 Å². The summed E-state index contributed by atoms with van der Waals surface area (Å²) in [5, 5.41) is 0. The Morgan fingerprint density at radius 3 is 2.58 bits per heavy atom. The second-order valence-electron chi connectivity index (χ2n) is 4.45. The third kappa shape index (κ3) is 1.38. The largest absolute Gasteiger partial charge is 0.303 e. The van der Waals surface area contributed by atoms with Gasteiger partial charge in [-0.2, -0.15) is 0 Å². The highest BCUT2D eigenvalue weighted by Crippen LogP contribution is 2.43. The fraction of sp³-hybridized carbons (Fsp3) is 1.00. The Bertz CT molecular complexity index is 163. The first-order chi connectivity index (χ1) is 5.77. The van der Waals surface area contributed by atoms with Gasteiger partial charge in [-0.15, -0.1) is 0 Å². The van der Waals surface area contributed by atoms with E-state index in [1.165, 1.54) is 45.4 Å². The zero-order chi connectivity index (χ0) is 8.60. The first-order valence-electron chi connectivity index (χ1n) is 5.20. The number of piperazine rings is 1. The highest BCUT2D eigenvalue weighted by molar-refractivity contribution is 5.07. The van der Waals surface area contributed by atoms with E-state index in [0.29, 0.717) is 5.54 Å². The van der Waals surface area contributed by atoms with E-state index in [4.69, 9.17) is 0 Å². The highest BCUT2D eigenvalue weighted by atomic mass is 15.3. The van der Waals surface area contributed by atoms with E-state index in [1.807, 2.05) is 0 Å². The van der Waals surface area contributed by atoms with E-state index in [9.17, 15) is 0 Å². The topological polar surface area (TPSA) is 6.48 Å². The summed E-state index contributed by atoms with van der Waals surface area (Å²) in [6.07, 6.45) is 4.19. The van der Waals surface area contributed by atoms with Gasteiger partial charge in [-0.3, -0.25) is 4.90 Å². The minimum atomic E-state index is 0.628. The fourth-order valence-electron chi connectivity index (χ4n) is 2.45. The molecule has 0 aromatic heterocycles. The maximum Gasteiger partial charge on any atom is 0.0338 e. The maximum atomic E-state index is 2.72. The van der Waals surface area contributed by atoms with Crippen LogP contribution in [0.1, 0.15) is 26.2 Å². The lowest BCUT2D eigenvalue weighted by Gasteiger charge is -2.40. The van der Waals surface area contributed by atoms with Crippen molar-refractivity contribution in [2.24, 2.45) is 0 Å². The van der Waals surface area contributed by atoms with Crippen LogP contribution in [0.3, 0.4) is 0 Å². The molecule has 1 aliphatic carbocycles. The third-order valence-electron chi connectivity index (χ3n) is 3.31. The first kappa shape index (κ1) is 8.52. The van der Waals surface area contributed by atoms with Crippen LogP contribution in [-0.2, 0) is 0 Å². The van der Waals surface area contributed by atoms with Crippen molar-refractivity contribution in [1.82, 2.24) is 9.80 Å². The van der Waals surface area contributed by atoms with E-state index in [0.717, 1.165) is 0 Å². The third-order valence-corrected chi connectivity index (χ3v) is 3.31. The second-order valence-corrected chi connectivity index (χ2v) is 4.45. The predicted octanol–water partition coefficient (Wildman–Crippen LogP) is 1.18. The summed E-state index contributed by atoms with van der Waals surface area (Å²) < 4.78 is 0. The van der Waals surface area contributed by atoms with E-state index in [2.05, 4.69) is 23.8 Å². The molecule has 2 heteroatoms. The summed E-state index contributed by atoms with van der Waals surface area (Å²) in [5.41, 5.74) is 0.628. The van der Waals surface area contributed by atoms with Crippen molar-refractivity contribution in [3.63, 3.8) is 0 Å². The van der Waals surface area contributed by atoms with E-state index >= 15 is 0 Å². The lowest BCUT2D eigenvalue weighted by Crippen LogP contribution is -2.53. The highest BCUT2D eigenvalue weighted by Gasteiger charge is 2.49. The quantitative estimate of drug-likeness (QED) is 0.611. The van der Waals surface area contributed by atoms with Crippen LogP contribution in [0.5, 0.6) is 0 Å². The molecule has 12 heavy (non-hydrogen) atoms. The molecule has 0 N–H and O–H groups in total. The molecule has 1 saturated carbocycles. The van der Waals surface area contributed by atoms with E-state index < -0.39 is 0 Å². The predicted molar refractivity (Wildman–Crippen MR) is 51.3 cm³/mol. The number of rotatable bonds is 2. The lowest BCUT2D eigenvalue weighted by atomic mass is 10.1. The Morgan fingerprint density at radius 1 is 1.25 bits per heavy atom. The SMILES string of the molecule is CCCN1CCN(C)CC12CC2. The molecule has 0 unspecified atom stereocenters. The normalized spacial score (nSPS) is 29.5. The molecular formula is C10H20N2. The summed E-state index contributed by atoms with van der Waals surface area (Å²) in [4.78, 5) is 5.20. The van der Waals surface area contributed by atoms with Gasteiger partial charge in [0.2, 0.25) is 0 Å². The zero-order valence-electron chi connectivity index (χ0n) is 8.34. The smallest absolute Gasteiger partial charge is 0.0338 e. The van der Waals surface area contributed by atoms with E-state index in [-0.39, 0.29) is 0 Å². The summed E-state index contributed by atoms with van der Waals surface area (Å²) in [6.45, 7) is 7.47. The molecule has 1 heterocycles. The van der Waals surface area contributed by atoms with Crippen molar-refractivity contribution in [2.45, 2.75) is 31.7 Å². The molecule has 2 nitrogen and oxygen atoms in total. The van der Waals surface area contributed by atoms with Gasteiger partial charge in [0.1, 0.15) is 0 Å². The minimum absolute atomic E-state index is 0.628. The van der Waals surface area contributed by atoms with Gasteiger partial charge >= 0.3 is 0 Å². The Labute approximate surface area is 75.5 Å². The maximum absolute atomic E-state index is 2.72. The molecule has 2 fully saturated rings. The van der Waals surface area contributed by atoms with Gasteiger partial charge in [-0.05, 0) is 32.9 Å². The molecule has 0 bridgehead atoms. The van der Waals surface area contributed by atoms with Crippen molar-refractivity contribution in [1.29, 1.82) is 0 Å². The number of nitrogens with zero attached hydrogens (tertiary/aromatic N) is 2. The second kappa shape index (κ2) is 3.00. The van der Waals surface area contributed by atoms with Crippen molar-refractivity contribution >= 4 is 0 Å². The van der Waals surface area contributed by atoms with Crippen molar-refractivity contribution in [3.05, 3.63) is 0 Å². The van der Waals surface area contributed by atoms with E-state index in [1.54, 1.807) is 0 Å². The van der Waals surface area contributed by atoms with Gasteiger partial charge in [-0.25, -0.2) is 0 Å². The Kier molecular flexibility index (Phi) is 2.13. The number of hydrogen-bond acceptors (Lipinski definition) is 2. The summed E-state index contributed by atoms with van der Waals surface area (Å²) in [6, 6.07) is 0. The molecule has 70 valence electrons. The standard InChI is InChI=1S/C10H20N2/c1-3-6-12-8-7-11(2)9-10(12)4-5-10/h3-9H2,1-2H3. The van der Waals surface area contributed by atoms with Crippen LogP contribution >= 0.6 is 0 Å². The minimum Gasteiger partial charge on any atom is -0.303 e. The van der Waals surface area contributed by atoms with Crippen LogP contribution in [0, 0.1) is 0 Å². The molecule has 1 aliphatic heterocycles. The molecule has 2 aliphatic rings. The van der Waals surface area contributed by atoms with Gasteiger partial charge in [0.15, 0.2) is 0 Å². The fourth-order valence-corrected chi connectivity index (χ4v) is 2.45. The van der Waals surface area contributed by atoms with Gasteiger partial charge < -0.3 is 4.90 Å². The number of hydrogen-bond donors (Lipinski definition) is 0. The average Bonchev–Trinajstić information content (AvgIpc) is 2.77. The van der Waals surface area contributed by atoms with Gasteiger partial charge in [-0.1, -0.05) is 6.92 Å². The van der Waals surface area contributed by atoms with Crippen LogP contribution in [0.25, 0.3) is 0 Å². The van der Waals surface area contributed by atoms with Crippen LogP contribution in [-0.4, -0.2) is 48.6 Å². The van der Waals surface area contributed by atoms with Crippen LogP contribution in [0.2, 0.25) is 0 Å². The summed E-state index contributed by atoms with van der Waals surface area (Å²) >= 11 is 0. The van der Waals surface area contributed by atoms with Crippen LogP contribution < -0.4 is 0 Å². The van der Waals surface area contributed by atoms with Crippen molar-refractivity contribution in [3.8, 4) is 0 Å². The Hall–Kier alpha value is -0.0800. The van der Waals surface area contributed by atoms with Gasteiger partial charge in [0.25, 0.3) is 0 Å². The van der Waals surface area contributed by atoms with Crippen molar-refractivity contribution < 1.29 is 0 Å². The molecule has 1 saturated heterocycles. The summed E-state index contributed by atoms with van der Waals surface area (Å²) in [5.74, 6) is 0. The van der Waals surface area contributed by atoms with Crippen LogP contribution in [0.15, 0.2) is 0 Å². The Balaban J connectivity index is 1.96. The zero-order valence-corrected chi connectivity index (χ0v) is 8.34. The molecule has 0 aromatic carbocycles. The summed E-state index contributed by atoms with van der Waals surface area (Å²) in [7, 11) is 2.25. The molecule has 1 spiro atoms. The monoisotopic (exact) mass is 168 g/mol. The molecule has 0 amide bonds. The average molecular weight is 168 g/mol. The van der Waals surface area contributed by atoms with Gasteiger partial charge in [0, 0.05) is 25.2 Å². The van der Waals surface area contributed by atoms with Crippen molar-refractivity contribution in [2.75, 3.05) is 33.2 Å². The van der Waals surface area contributed by atoms with Crippen LogP contribution in [0.4, 0.5) is 0 Å².